The predicted molar refractivity (Wildman–Crippen MR) is 264 cm³/mol. The second kappa shape index (κ2) is 18.9. The van der Waals surface area contributed by atoms with E-state index in [0.29, 0.717) is 29.2 Å². The van der Waals surface area contributed by atoms with Crippen molar-refractivity contribution in [1.82, 2.24) is 9.80 Å². The van der Waals surface area contributed by atoms with Gasteiger partial charge in [0.1, 0.15) is 18.8 Å². The molecule has 12 heteroatoms. The van der Waals surface area contributed by atoms with Crippen LogP contribution in [-0.2, 0) is 42.9 Å². The van der Waals surface area contributed by atoms with E-state index >= 15 is 0 Å². The third kappa shape index (κ3) is 7.80. The van der Waals surface area contributed by atoms with Crippen LogP contribution in [-0.4, -0.2) is 109 Å². The Bertz CT molecular complexity index is 2500. The highest BCUT2D eigenvalue weighted by Crippen LogP contribution is 2.67. The molecule has 14 atom stereocenters. The first-order chi connectivity index (χ1) is 33.3. The number of nitriles is 1. The van der Waals surface area contributed by atoms with Gasteiger partial charge < -0.3 is 18.9 Å². The van der Waals surface area contributed by atoms with Gasteiger partial charge in [0, 0.05) is 45.1 Å². The number of fused-ring (bicyclic) bond motifs is 10. The molecule has 378 valence electrons. The molecular formula is C58H77N3O9. The van der Waals surface area contributed by atoms with Crippen LogP contribution in [0.5, 0.6) is 0 Å². The lowest BCUT2D eigenvalue weighted by Crippen LogP contribution is -2.77. The third-order valence-corrected chi connectivity index (χ3v) is 19.8. The van der Waals surface area contributed by atoms with Gasteiger partial charge in [-0.15, -0.1) is 0 Å². The number of hydrogen-bond acceptors (Lipinski definition) is 12. The highest BCUT2D eigenvalue weighted by molar-refractivity contribution is 6.26. The topological polar surface area (TPSA) is 153 Å². The maximum atomic E-state index is 15.0. The van der Waals surface area contributed by atoms with Crippen molar-refractivity contribution in [2.45, 2.75) is 182 Å². The zero-order valence-corrected chi connectivity index (χ0v) is 43.9. The number of likely N-dealkylation sites (N-methyl/N-ethyl adjacent to an activating group) is 1. The van der Waals surface area contributed by atoms with Gasteiger partial charge in [0.2, 0.25) is 11.6 Å². The maximum Gasteiger partial charge on any atom is 0.333 e. The average Bonchev–Trinajstić information content (AvgIpc) is 3.70. The number of carbonyl (C=O) groups is 5. The summed E-state index contributed by atoms with van der Waals surface area (Å²) >= 11 is 0. The number of piperazine rings is 1. The minimum absolute atomic E-state index is 0.00319. The second-order valence-corrected chi connectivity index (χ2v) is 23.7. The highest BCUT2D eigenvalue weighted by Gasteiger charge is 2.64. The number of hydrogen-bond donors (Lipinski definition) is 0. The number of allylic oxidation sites excluding steroid dienone is 6. The van der Waals surface area contributed by atoms with Gasteiger partial charge in [0.05, 0.1) is 44.5 Å². The Balaban J connectivity index is 1.06. The highest BCUT2D eigenvalue weighted by atomic mass is 16.5. The number of rotatable bonds is 12. The van der Waals surface area contributed by atoms with Crippen LogP contribution in [0.25, 0.3) is 0 Å². The lowest BCUT2D eigenvalue weighted by Gasteiger charge is -2.62. The third-order valence-electron chi connectivity index (χ3n) is 19.8. The molecule has 3 heterocycles. The minimum atomic E-state index is -1.06. The standard InChI is InChI=1S/C58H77N3O9/c1-13-30(4)56(66)69-28-43-44-38(49(62)32(6)53(67-11)51(44)64)25-41-47-45-46(50(63)33(7)54(68-12)52(45)65)55(48(60(47)10)42(27-59)61(41)43)70-36-19-22-58(9)35(24-36)17-18-37-39(58)20-21-57(8)26-34(23-40(37)57)31(5)16-14-15-29(2)3/h13,17,29,31,34,36-37,39-43,47-48,55H,14-16,18-26,28H2,1-12H3/b30-13-/t31-,34+,36+,37-,39+,40?,41+,42+,43+,47+,48-,55+,57-,58+/m1/s1. The summed E-state index contributed by atoms with van der Waals surface area (Å²) in [7, 11) is 4.59. The Morgan fingerprint density at radius 1 is 0.914 bits per heavy atom. The first-order valence-corrected chi connectivity index (χ1v) is 26.5. The molecule has 3 saturated carbocycles. The van der Waals surface area contributed by atoms with Gasteiger partial charge in [-0.25, -0.2) is 4.79 Å². The zero-order valence-electron chi connectivity index (χ0n) is 43.9. The number of esters is 1. The molecule has 9 rings (SSSR count). The van der Waals surface area contributed by atoms with E-state index in [1.54, 1.807) is 33.8 Å². The molecule has 70 heavy (non-hydrogen) atoms. The number of carbonyl (C=O) groups excluding carboxylic acids is 5. The van der Waals surface area contributed by atoms with E-state index in [-0.39, 0.29) is 81.1 Å². The molecule has 4 fully saturated rings. The molecule has 12 nitrogen and oxygen atoms in total. The number of nitrogens with zero attached hydrogens (tertiary/aromatic N) is 3. The van der Waals surface area contributed by atoms with E-state index in [0.717, 1.165) is 42.9 Å². The fourth-order valence-corrected chi connectivity index (χ4v) is 15.9. The first kappa shape index (κ1) is 50.5. The van der Waals surface area contributed by atoms with Crippen LogP contribution in [0.1, 0.15) is 139 Å². The molecule has 1 unspecified atom stereocenters. The van der Waals surface area contributed by atoms with Gasteiger partial charge in [-0.1, -0.05) is 71.6 Å². The summed E-state index contributed by atoms with van der Waals surface area (Å²) < 4.78 is 24.5. The van der Waals surface area contributed by atoms with Crippen LogP contribution >= 0.6 is 0 Å². The first-order valence-electron chi connectivity index (χ1n) is 26.5. The smallest absolute Gasteiger partial charge is 0.333 e. The molecular weight excluding hydrogens is 883 g/mol. The van der Waals surface area contributed by atoms with Gasteiger partial charge in [0.15, 0.2) is 23.1 Å². The van der Waals surface area contributed by atoms with E-state index in [1.807, 2.05) is 16.8 Å². The molecule has 2 bridgehead atoms. The Labute approximate surface area is 416 Å². The van der Waals surface area contributed by atoms with Crippen LogP contribution in [0, 0.1) is 57.7 Å². The Morgan fingerprint density at radius 2 is 1.60 bits per heavy atom. The van der Waals surface area contributed by atoms with Crippen molar-refractivity contribution in [3.63, 3.8) is 0 Å². The molecule has 0 N–H and O–H groups in total. The molecule has 0 aromatic carbocycles. The molecule has 3 aliphatic heterocycles. The average molecular weight is 960 g/mol. The Morgan fingerprint density at radius 3 is 2.26 bits per heavy atom. The van der Waals surface area contributed by atoms with Crippen LogP contribution in [0.3, 0.4) is 0 Å². The van der Waals surface area contributed by atoms with E-state index in [9.17, 15) is 29.2 Å². The van der Waals surface area contributed by atoms with Crippen molar-refractivity contribution in [3.05, 3.63) is 68.3 Å². The van der Waals surface area contributed by atoms with Crippen molar-refractivity contribution < 1.29 is 42.9 Å². The summed E-state index contributed by atoms with van der Waals surface area (Å²) in [6, 6.07) is -1.90. The lowest BCUT2D eigenvalue weighted by atomic mass is 9.48. The van der Waals surface area contributed by atoms with Crippen molar-refractivity contribution in [3.8, 4) is 6.07 Å². The van der Waals surface area contributed by atoms with Gasteiger partial charge in [-0.05, 0) is 139 Å². The van der Waals surface area contributed by atoms with Crippen LogP contribution in [0.15, 0.2) is 68.3 Å². The van der Waals surface area contributed by atoms with Crippen molar-refractivity contribution in [1.29, 1.82) is 5.26 Å². The van der Waals surface area contributed by atoms with Gasteiger partial charge in [0.25, 0.3) is 0 Å². The molecule has 0 radical (unpaired) electrons. The molecule has 0 spiro atoms. The number of methoxy groups -OCH3 is 2. The fourth-order valence-electron chi connectivity index (χ4n) is 15.9. The molecule has 0 aromatic heterocycles. The molecule has 0 amide bonds. The molecule has 1 saturated heterocycles. The zero-order chi connectivity index (χ0) is 50.5. The summed E-state index contributed by atoms with van der Waals surface area (Å²) in [5.74, 6) is 1.86. The summed E-state index contributed by atoms with van der Waals surface area (Å²) in [5.41, 5.74) is 3.37. The maximum absolute atomic E-state index is 15.0. The van der Waals surface area contributed by atoms with Crippen LogP contribution in [0.4, 0.5) is 0 Å². The Hall–Kier alpha value is -4.44. The van der Waals surface area contributed by atoms with Gasteiger partial charge in [-0.2, -0.15) is 5.26 Å². The van der Waals surface area contributed by atoms with Crippen molar-refractivity contribution in [2.24, 2.45) is 46.3 Å². The normalized spacial score (nSPS) is 38.1. The van der Waals surface area contributed by atoms with E-state index < -0.39 is 53.8 Å². The number of ketones is 4. The predicted octanol–water partition coefficient (Wildman–Crippen LogP) is 9.06. The minimum Gasteiger partial charge on any atom is -0.492 e. The monoisotopic (exact) mass is 960 g/mol. The molecule has 9 aliphatic rings. The van der Waals surface area contributed by atoms with Crippen LogP contribution < -0.4 is 0 Å². The summed E-state index contributed by atoms with van der Waals surface area (Å²) in [6.45, 7) is 18.4. The van der Waals surface area contributed by atoms with E-state index in [1.165, 1.54) is 64.7 Å². The summed E-state index contributed by atoms with van der Waals surface area (Å²) in [6.07, 6.45) is 15.5. The van der Waals surface area contributed by atoms with Crippen molar-refractivity contribution >= 4 is 29.1 Å². The van der Waals surface area contributed by atoms with E-state index in [2.05, 4.69) is 46.8 Å². The van der Waals surface area contributed by atoms with Crippen LogP contribution in [0.2, 0.25) is 0 Å². The van der Waals surface area contributed by atoms with Gasteiger partial charge >= 0.3 is 5.97 Å². The molecule has 0 aromatic rings. The largest absolute Gasteiger partial charge is 0.492 e. The van der Waals surface area contributed by atoms with E-state index in [4.69, 9.17) is 18.9 Å². The second-order valence-electron chi connectivity index (χ2n) is 23.7. The Kier molecular flexibility index (Phi) is 13.6. The number of ether oxygens (including phenoxy) is 4. The van der Waals surface area contributed by atoms with Gasteiger partial charge in [-0.3, -0.25) is 29.0 Å². The SMILES string of the molecule is C/C=C(/C)C(=O)OC[C@H]1C2=C(C[C@H]3[C@H]4C5=C(C(=O)C(C)=C(OC)C5=O)[C@H](O[C@H]5CC[C@@]6(C)C(=CC[C@H]7C8C[C@H]([C@H](C)CCCC(C)C)C[C@@]8(C)CC[C@@H]76)C5)[C@@H]([C@H](C#N)N13)N4C)C(=O)C(C)=C(OC)C2=O. The fraction of sp³-hybridized carbons (Fsp3) is 0.690. The summed E-state index contributed by atoms with van der Waals surface area (Å²) in [4.78, 5) is 75.9. The molecule has 6 aliphatic carbocycles. The number of Topliss-reactive ketones (excluding diaryl/α,β-unsaturated/α-hetero) is 4. The van der Waals surface area contributed by atoms with Crippen molar-refractivity contribution in [2.75, 3.05) is 27.9 Å². The quantitative estimate of drug-likeness (QED) is 0.0794. The summed E-state index contributed by atoms with van der Waals surface area (Å²) in [5, 5.41) is 11.5. The lowest BCUT2D eigenvalue weighted by molar-refractivity contribution is -0.151.